The second kappa shape index (κ2) is 6.99. The van der Waals surface area contributed by atoms with Gasteiger partial charge in [0.1, 0.15) is 5.75 Å². The van der Waals surface area contributed by atoms with Crippen LogP contribution >= 0.6 is 11.6 Å². The van der Waals surface area contributed by atoms with Crippen LogP contribution in [0.5, 0.6) is 5.75 Å². The van der Waals surface area contributed by atoms with Crippen molar-refractivity contribution in [2.24, 2.45) is 10.7 Å². The molecule has 0 aliphatic carbocycles. The third kappa shape index (κ3) is 4.39. The number of nitrogens with one attached hydrogen (secondary N) is 1. The van der Waals surface area contributed by atoms with E-state index in [1.54, 1.807) is 19.2 Å². The third-order valence-corrected chi connectivity index (χ3v) is 3.23. The van der Waals surface area contributed by atoms with Crippen LogP contribution in [0, 0.1) is 6.92 Å². The number of rotatable bonds is 4. The zero-order valence-corrected chi connectivity index (χ0v) is 12.8. The summed E-state index contributed by atoms with van der Waals surface area (Å²) in [6, 6.07) is 13.5. The summed E-state index contributed by atoms with van der Waals surface area (Å²) in [7, 11) is 1.58. The molecule has 2 aromatic carbocycles. The number of nitrogens with two attached hydrogens (primary N) is 1. The van der Waals surface area contributed by atoms with Crippen LogP contribution in [0.4, 0.5) is 5.69 Å². The van der Waals surface area contributed by atoms with Crippen molar-refractivity contribution in [3.05, 3.63) is 58.6 Å². The van der Waals surface area contributed by atoms with Gasteiger partial charge in [-0.2, -0.15) is 0 Å². The van der Waals surface area contributed by atoms with E-state index in [0.717, 1.165) is 11.3 Å². The van der Waals surface area contributed by atoms with Crippen LogP contribution in [0.2, 0.25) is 5.02 Å². The molecule has 21 heavy (non-hydrogen) atoms. The summed E-state index contributed by atoms with van der Waals surface area (Å²) in [6.07, 6.45) is 0. The number of benzene rings is 2. The van der Waals surface area contributed by atoms with Crippen molar-refractivity contribution in [3.8, 4) is 5.75 Å². The molecule has 0 saturated heterocycles. The van der Waals surface area contributed by atoms with Crippen molar-refractivity contribution >= 4 is 23.2 Å². The number of nitrogens with zero attached hydrogens (tertiary/aromatic N) is 1. The molecule has 0 aliphatic heterocycles. The van der Waals surface area contributed by atoms with Gasteiger partial charge in [0.05, 0.1) is 18.7 Å². The minimum absolute atomic E-state index is 0.345. The van der Waals surface area contributed by atoms with Gasteiger partial charge in [-0.15, -0.1) is 0 Å². The maximum atomic E-state index is 6.06. The van der Waals surface area contributed by atoms with E-state index in [1.165, 1.54) is 5.56 Å². The van der Waals surface area contributed by atoms with Crippen LogP contribution in [0.25, 0.3) is 0 Å². The van der Waals surface area contributed by atoms with Gasteiger partial charge in [-0.1, -0.05) is 41.4 Å². The van der Waals surface area contributed by atoms with E-state index in [9.17, 15) is 0 Å². The highest BCUT2D eigenvalue weighted by molar-refractivity contribution is 6.32. The second-order valence-corrected chi connectivity index (χ2v) is 5.07. The summed E-state index contributed by atoms with van der Waals surface area (Å²) in [4.78, 5) is 4.31. The number of aliphatic imine (C=N–C) groups is 1. The number of methoxy groups -OCH3 is 1. The van der Waals surface area contributed by atoms with Crippen molar-refractivity contribution in [1.29, 1.82) is 0 Å². The van der Waals surface area contributed by atoms with Crippen LogP contribution in [0.3, 0.4) is 0 Å². The van der Waals surface area contributed by atoms with Gasteiger partial charge in [0.15, 0.2) is 5.96 Å². The van der Waals surface area contributed by atoms with Crippen LogP contribution in [0.1, 0.15) is 11.1 Å². The Morgan fingerprint density at radius 2 is 2.10 bits per heavy atom. The molecule has 0 saturated carbocycles. The van der Waals surface area contributed by atoms with Gasteiger partial charge in [0.2, 0.25) is 0 Å². The molecule has 110 valence electrons. The minimum Gasteiger partial charge on any atom is -0.495 e. The summed E-state index contributed by atoms with van der Waals surface area (Å²) >= 11 is 6.06. The lowest BCUT2D eigenvalue weighted by Crippen LogP contribution is -2.22. The largest absolute Gasteiger partial charge is 0.495 e. The molecule has 0 aliphatic rings. The van der Waals surface area contributed by atoms with Gasteiger partial charge in [0.25, 0.3) is 0 Å². The van der Waals surface area contributed by atoms with Gasteiger partial charge in [-0.25, -0.2) is 4.99 Å². The van der Waals surface area contributed by atoms with Crippen LogP contribution < -0.4 is 15.8 Å². The molecular formula is C16H18ClN3O. The average molecular weight is 304 g/mol. The highest BCUT2D eigenvalue weighted by Gasteiger charge is 2.02. The summed E-state index contributed by atoms with van der Waals surface area (Å²) in [5.41, 5.74) is 8.97. The topological polar surface area (TPSA) is 59.6 Å². The first-order valence-electron chi connectivity index (χ1n) is 6.54. The predicted octanol–water partition coefficient (Wildman–Crippen LogP) is 3.58. The molecule has 0 atom stereocenters. The first kappa shape index (κ1) is 15.2. The molecule has 4 nitrogen and oxygen atoms in total. The average Bonchev–Trinajstić information content (AvgIpc) is 2.45. The van der Waals surface area contributed by atoms with Crippen LogP contribution in [-0.2, 0) is 6.54 Å². The fraction of sp³-hybridized carbons (Fsp3) is 0.188. The van der Waals surface area contributed by atoms with E-state index >= 15 is 0 Å². The van der Waals surface area contributed by atoms with Gasteiger partial charge >= 0.3 is 0 Å². The lowest BCUT2D eigenvalue weighted by molar-refractivity contribution is 0.415. The van der Waals surface area contributed by atoms with Crippen LogP contribution in [0.15, 0.2) is 47.5 Å². The Labute approximate surface area is 129 Å². The summed E-state index contributed by atoms with van der Waals surface area (Å²) in [5.74, 6) is 0.968. The Morgan fingerprint density at radius 1 is 1.29 bits per heavy atom. The Morgan fingerprint density at radius 3 is 2.76 bits per heavy atom. The lowest BCUT2D eigenvalue weighted by Gasteiger charge is -2.08. The number of guanidine groups is 1. The quantitative estimate of drug-likeness (QED) is 0.670. The Kier molecular flexibility index (Phi) is 5.06. The molecular weight excluding hydrogens is 286 g/mol. The Balaban J connectivity index is 2.02. The molecule has 0 spiro atoms. The van der Waals surface area contributed by atoms with Crippen molar-refractivity contribution in [2.45, 2.75) is 13.5 Å². The number of hydrogen-bond donors (Lipinski definition) is 2. The first-order valence-corrected chi connectivity index (χ1v) is 6.92. The van der Waals surface area contributed by atoms with Crippen molar-refractivity contribution < 1.29 is 4.74 Å². The lowest BCUT2D eigenvalue weighted by atomic mass is 10.1. The van der Waals surface area contributed by atoms with E-state index in [4.69, 9.17) is 22.1 Å². The van der Waals surface area contributed by atoms with Crippen LogP contribution in [-0.4, -0.2) is 13.1 Å². The van der Waals surface area contributed by atoms with Gasteiger partial charge in [0, 0.05) is 5.69 Å². The maximum Gasteiger partial charge on any atom is 0.193 e. The first-order chi connectivity index (χ1) is 10.1. The van der Waals surface area contributed by atoms with E-state index in [1.807, 2.05) is 31.2 Å². The zero-order chi connectivity index (χ0) is 15.2. The monoisotopic (exact) mass is 303 g/mol. The number of halogens is 1. The summed E-state index contributed by atoms with van der Waals surface area (Å²) in [5, 5.41) is 3.53. The fourth-order valence-electron chi connectivity index (χ4n) is 1.92. The van der Waals surface area contributed by atoms with Gasteiger partial charge in [-0.3, -0.25) is 0 Å². The van der Waals surface area contributed by atoms with E-state index in [-0.39, 0.29) is 0 Å². The molecule has 0 unspecified atom stereocenters. The van der Waals surface area contributed by atoms with E-state index in [0.29, 0.717) is 23.3 Å². The molecule has 0 bridgehead atoms. The fourth-order valence-corrected chi connectivity index (χ4v) is 2.18. The maximum absolute atomic E-state index is 6.06. The smallest absolute Gasteiger partial charge is 0.193 e. The molecule has 0 fully saturated rings. The van der Waals surface area contributed by atoms with Crippen molar-refractivity contribution in [3.63, 3.8) is 0 Å². The predicted molar refractivity (Wildman–Crippen MR) is 88.1 cm³/mol. The zero-order valence-electron chi connectivity index (χ0n) is 12.1. The normalized spacial score (nSPS) is 11.3. The second-order valence-electron chi connectivity index (χ2n) is 4.66. The Hall–Kier alpha value is -2.20. The molecule has 3 N–H and O–H groups in total. The Bertz CT molecular complexity index is 656. The molecule has 0 aromatic heterocycles. The van der Waals surface area contributed by atoms with Gasteiger partial charge < -0.3 is 15.8 Å². The third-order valence-electron chi connectivity index (χ3n) is 2.94. The number of ether oxygens (including phenoxy) is 1. The molecule has 0 heterocycles. The summed E-state index contributed by atoms with van der Waals surface area (Å²) < 4.78 is 5.10. The van der Waals surface area contributed by atoms with E-state index in [2.05, 4.69) is 16.4 Å². The SMILES string of the molecule is COc1ccc(NC(N)=NCc2cccc(C)c2)cc1Cl. The standard InChI is InChI=1S/C16H18ClN3O/c1-11-4-3-5-12(8-11)10-19-16(18)20-13-6-7-15(21-2)14(17)9-13/h3-9H,10H2,1-2H3,(H3,18,19,20). The highest BCUT2D eigenvalue weighted by atomic mass is 35.5. The van der Waals surface area contributed by atoms with E-state index < -0.39 is 0 Å². The molecule has 5 heteroatoms. The van der Waals surface area contributed by atoms with Gasteiger partial charge in [-0.05, 0) is 30.7 Å². The minimum atomic E-state index is 0.345. The molecule has 2 rings (SSSR count). The molecule has 0 amide bonds. The molecule has 0 radical (unpaired) electrons. The highest BCUT2D eigenvalue weighted by Crippen LogP contribution is 2.27. The van der Waals surface area contributed by atoms with Crippen molar-refractivity contribution in [2.75, 3.05) is 12.4 Å². The van der Waals surface area contributed by atoms with Crippen molar-refractivity contribution in [1.82, 2.24) is 0 Å². The number of aryl methyl sites for hydroxylation is 1. The number of anilines is 1. The number of hydrogen-bond acceptors (Lipinski definition) is 2. The summed E-state index contributed by atoms with van der Waals surface area (Å²) in [6.45, 7) is 2.58. The molecule has 2 aromatic rings.